The molecule has 0 aliphatic heterocycles. The van der Waals surface area contributed by atoms with E-state index in [0.29, 0.717) is 17.0 Å². The number of rotatable bonds is 3. The zero-order valence-corrected chi connectivity index (χ0v) is 12.8. The van der Waals surface area contributed by atoms with Crippen LogP contribution in [-0.2, 0) is 0 Å². The number of hydrogen-bond donors (Lipinski definition) is 2. The fraction of sp³-hybridized carbons (Fsp3) is 0. The number of nitrogens with two attached hydrogens (primary N) is 2. The maximum Gasteiger partial charge on any atom is 0.214 e. The van der Waals surface area contributed by atoms with Gasteiger partial charge in [-0.2, -0.15) is 0 Å². The molecule has 5 heteroatoms. The molecule has 2 heterocycles. The van der Waals surface area contributed by atoms with Crippen molar-refractivity contribution in [1.82, 2.24) is 4.98 Å². The van der Waals surface area contributed by atoms with Gasteiger partial charge in [0.15, 0.2) is 5.58 Å². The minimum Gasteiger partial charge on any atom is -0.457 e. The fourth-order valence-corrected chi connectivity index (χ4v) is 2.57. The molecule has 24 heavy (non-hydrogen) atoms. The van der Waals surface area contributed by atoms with Gasteiger partial charge in [0, 0.05) is 17.1 Å². The highest BCUT2D eigenvalue weighted by atomic mass is 16.5. The van der Waals surface area contributed by atoms with Gasteiger partial charge < -0.3 is 20.6 Å². The summed E-state index contributed by atoms with van der Waals surface area (Å²) < 4.78 is 11.4. The summed E-state index contributed by atoms with van der Waals surface area (Å²) in [7, 11) is 0. The third-order valence-corrected chi connectivity index (χ3v) is 3.78. The minimum atomic E-state index is 0.211. The quantitative estimate of drug-likeness (QED) is 0.583. The Morgan fingerprint density at radius 3 is 2.29 bits per heavy atom. The number of nitrogens with zero attached hydrogens (tertiary/aromatic N) is 1. The Morgan fingerprint density at radius 2 is 1.54 bits per heavy atom. The molecule has 5 nitrogen and oxygen atoms in total. The van der Waals surface area contributed by atoms with Gasteiger partial charge in [-0.3, -0.25) is 4.98 Å². The first-order chi connectivity index (χ1) is 11.7. The van der Waals surface area contributed by atoms with Crippen LogP contribution in [0.15, 0.2) is 71.3 Å². The zero-order valence-electron chi connectivity index (χ0n) is 12.8. The predicted molar refractivity (Wildman–Crippen MR) is 94.8 cm³/mol. The normalized spacial score (nSPS) is 10.8. The van der Waals surface area contributed by atoms with Crippen LogP contribution in [0.3, 0.4) is 0 Å². The maximum absolute atomic E-state index is 5.93. The number of nitrogen functional groups attached to an aromatic ring is 2. The van der Waals surface area contributed by atoms with Gasteiger partial charge >= 0.3 is 0 Å². The van der Waals surface area contributed by atoms with E-state index in [1.807, 2.05) is 54.6 Å². The summed E-state index contributed by atoms with van der Waals surface area (Å²) in [5.74, 6) is 1.75. The summed E-state index contributed by atoms with van der Waals surface area (Å²) in [6.45, 7) is 0. The van der Waals surface area contributed by atoms with E-state index < -0.39 is 0 Å². The molecule has 0 fully saturated rings. The highest BCUT2D eigenvalue weighted by Gasteiger charge is 2.14. The molecule has 0 atom stereocenters. The number of furan rings is 1. The van der Waals surface area contributed by atoms with Gasteiger partial charge in [0.2, 0.25) is 5.88 Å². The van der Waals surface area contributed by atoms with Gasteiger partial charge in [0.25, 0.3) is 0 Å². The van der Waals surface area contributed by atoms with Crippen molar-refractivity contribution in [3.05, 3.63) is 66.9 Å². The van der Waals surface area contributed by atoms with Crippen LogP contribution in [0.4, 0.5) is 11.6 Å². The Bertz CT molecular complexity index is 992. The van der Waals surface area contributed by atoms with Gasteiger partial charge in [-0.05, 0) is 42.5 Å². The van der Waals surface area contributed by atoms with Crippen molar-refractivity contribution in [2.75, 3.05) is 11.5 Å². The summed E-state index contributed by atoms with van der Waals surface area (Å²) in [6, 6.07) is 19.0. The zero-order chi connectivity index (χ0) is 16.5. The molecule has 0 aliphatic carbocycles. The minimum absolute atomic E-state index is 0.211. The first kappa shape index (κ1) is 14.1. The lowest BCUT2D eigenvalue weighted by Gasteiger charge is -2.06. The van der Waals surface area contributed by atoms with Gasteiger partial charge in [-0.15, -0.1) is 0 Å². The molecule has 0 saturated heterocycles. The lowest BCUT2D eigenvalue weighted by molar-refractivity contribution is 0.483. The van der Waals surface area contributed by atoms with Crippen LogP contribution in [-0.4, -0.2) is 4.98 Å². The third kappa shape index (κ3) is 2.42. The Morgan fingerprint density at radius 1 is 0.833 bits per heavy atom. The van der Waals surface area contributed by atoms with Crippen molar-refractivity contribution in [3.8, 4) is 22.8 Å². The Labute approximate surface area is 138 Å². The van der Waals surface area contributed by atoms with E-state index in [4.69, 9.17) is 20.6 Å². The van der Waals surface area contributed by atoms with E-state index in [-0.39, 0.29) is 5.88 Å². The van der Waals surface area contributed by atoms with Crippen molar-refractivity contribution in [3.63, 3.8) is 0 Å². The standard InChI is InChI=1S/C19H15N3O2/c20-16-15-10-11-22-17(18(15)24-19(16)21)12-6-8-14(9-7-12)23-13-4-2-1-3-5-13/h1-11H,20-21H2. The molecular formula is C19H15N3O2. The molecule has 4 N–H and O–H groups in total. The second-order valence-electron chi connectivity index (χ2n) is 5.36. The molecule has 118 valence electrons. The lowest BCUT2D eigenvalue weighted by Crippen LogP contribution is -1.89. The van der Waals surface area contributed by atoms with Gasteiger partial charge in [0.1, 0.15) is 22.9 Å². The number of pyridine rings is 1. The number of para-hydroxylation sites is 1. The first-order valence-electron chi connectivity index (χ1n) is 7.48. The molecular weight excluding hydrogens is 302 g/mol. The fourth-order valence-electron chi connectivity index (χ4n) is 2.57. The molecule has 2 aromatic carbocycles. The molecule has 0 radical (unpaired) electrons. The summed E-state index contributed by atoms with van der Waals surface area (Å²) in [6.07, 6.45) is 1.69. The smallest absolute Gasteiger partial charge is 0.214 e. The summed E-state index contributed by atoms with van der Waals surface area (Å²) in [5.41, 5.74) is 14.3. The molecule has 0 unspecified atom stereocenters. The van der Waals surface area contributed by atoms with E-state index in [9.17, 15) is 0 Å². The van der Waals surface area contributed by atoms with E-state index in [1.165, 1.54) is 0 Å². The van der Waals surface area contributed by atoms with E-state index in [1.54, 1.807) is 12.3 Å². The number of ether oxygens (including phenoxy) is 1. The molecule has 0 spiro atoms. The van der Waals surface area contributed by atoms with Crippen LogP contribution in [0.25, 0.3) is 22.2 Å². The monoisotopic (exact) mass is 317 g/mol. The number of anilines is 2. The number of aromatic nitrogens is 1. The molecule has 0 aliphatic rings. The molecule has 4 aromatic rings. The van der Waals surface area contributed by atoms with Crippen LogP contribution >= 0.6 is 0 Å². The van der Waals surface area contributed by atoms with Crippen LogP contribution < -0.4 is 16.2 Å². The lowest BCUT2D eigenvalue weighted by atomic mass is 10.1. The van der Waals surface area contributed by atoms with Crippen molar-refractivity contribution in [2.24, 2.45) is 0 Å². The number of fused-ring (bicyclic) bond motifs is 1. The molecule has 0 bridgehead atoms. The van der Waals surface area contributed by atoms with Crippen LogP contribution in [0, 0.1) is 0 Å². The van der Waals surface area contributed by atoms with Gasteiger partial charge in [-0.1, -0.05) is 18.2 Å². The maximum atomic E-state index is 5.93. The van der Waals surface area contributed by atoms with E-state index >= 15 is 0 Å². The average Bonchev–Trinajstić information content (AvgIpc) is 2.91. The Hall–Kier alpha value is -3.47. The summed E-state index contributed by atoms with van der Waals surface area (Å²) in [5, 5.41) is 0.766. The highest BCUT2D eigenvalue weighted by Crippen LogP contribution is 2.36. The second-order valence-corrected chi connectivity index (χ2v) is 5.36. The van der Waals surface area contributed by atoms with Crippen molar-refractivity contribution in [2.45, 2.75) is 0 Å². The molecule has 2 aromatic heterocycles. The van der Waals surface area contributed by atoms with Crippen LogP contribution in [0.2, 0.25) is 0 Å². The average molecular weight is 317 g/mol. The molecule has 4 rings (SSSR count). The molecule has 0 saturated carbocycles. The van der Waals surface area contributed by atoms with Gasteiger partial charge in [-0.25, -0.2) is 0 Å². The Kier molecular flexibility index (Phi) is 3.31. The van der Waals surface area contributed by atoms with Crippen molar-refractivity contribution >= 4 is 22.5 Å². The molecule has 0 amide bonds. The second kappa shape index (κ2) is 5.62. The van der Waals surface area contributed by atoms with E-state index in [2.05, 4.69) is 4.98 Å². The first-order valence-corrected chi connectivity index (χ1v) is 7.48. The third-order valence-electron chi connectivity index (χ3n) is 3.78. The number of hydrogen-bond acceptors (Lipinski definition) is 5. The van der Waals surface area contributed by atoms with Crippen molar-refractivity contribution < 1.29 is 9.15 Å². The van der Waals surface area contributed by atoms with Crippen LogP contribution in [0.1, 0.15) is 0 Å². The highest BCUT2D eigenvalue weighted by molar-refractivity contribution is 6.01. The predicted octanol–water partition coefficient (Wildman–Crippen LogP) is 4.45. The van der Waals surface area contributed by atoms with Crippen LogP contribution in [0.5, 0.6) is 11.5 Å². The van der Waals surface area contributed by atoms with Gasteiger partial charge in [0.05, 0.1) is 0 Å². The topological polar surface area (TPSA) is 87.3 Å². The summed E-state index contributed by atoms with van der Waals surface area (Å²) >= 11 is 0. The largest absolute Gasteiger partial charge is 0.457 e. The summed E-state index contributed by atoms with van der Waals surface area (Å²) in [4.78, 5) is 4.40. The van der Waals surface area contributed by atoms with E-state index in [0.717, 1.165) is 22.4 Å². The Balaban J connectivity index is 1.69. The number of benzene rings is 2. The SMILES string of the molecule is Nc1oc2c(-c3ccc(Oc4ccccc4)cc3)nccc2c1N. The van der Waals surface area contributed by atoms with Crippen molar-refractivity contribution in [1.29, 1.82) is 0 Å².